The third-order valence-corrected chi connectivity index (χ3v) is 4.36. The van der Waals surface area contributed by atoms with Crippen LogP contribution in [0.1, 0.15) is 42.9 Å². The minimum Gasteiger partial charge on any atom is -0.458 e. The number of primary amides is 1. The third kappa shape index (κ3) is 4.05. The summed E-state index contributed by atoms with van der Waals surface area (Å²) in [7, 11) is 0. The molecule has 12 nitrogen and oxygen atoms in total. The minimum atomic E-state index is -0.590. The number of piperidine rings is 1. The summed E-state index contributed by atoms with van der Waals surface area (Å²) in [5, 5.41) is 15.2. The fourth-order valence-corrected chi connectivity index (χ4v) is 2.97. The highest BCUT2D eigenvalue weighted by molar-refractivity contribution is 5.88. The van der Waals surface area contributed by atoms with Gasteiger partial charge in [-0.2, -0.15) is 4.68 Å². The van der Waals surface area contributed by atoms with E-state index >= 15 is 0 Å². The average molecular weight is 378 g/mol. The van der Waals surface area contributed by atoms with Crippen LogP contribution >= 0.6 is 0 Å². The van der Waals surface area contributed by atoms with E-state index in [1.807, 2.05) is 0 Å². The van der Waals surface area contributed by atoms with Crippen molar-refractivity contribution in [2.45, 2.75) is 39.3 Å². The Bertz CT molecular complexity index is 822. The van der Waals surface area contributed by atoms with E-state index in [-0.39, 0.29) is 35.3 Å². The molecular weight excluding hydrogens is 356 g/mol. The molecular formula is C15H22N8O4. The zero-order chi connectivity index (χ0) is 19.6. The van der Waals surface area contributed by atoms with Crippen molar-refractivity contribution in [3.05, 3.63) is 11.4 Å². The number of anilines is 1. The molecule has 4 N–H and O–H groups in total. The zero-order valence-corrected chi connectivity index (χ0v) is 15.2. The molecule has 0 aromatic carbocycles. The maximum Gasteiger partial charge on any atom is 0.361 e. The average Bonchev–Trinajstić information content (AvgIpc) is 3.20. The van der Waals surface area contributed by atoms with Crippen LogP contribution in [0, 0.1) is 5.92 Å². The molecule has 0 bridgehead atoms. The summed E-state index contributed by atoms with van der Waals surface area (Å²) in [4.78, 5) is 25.8. The maximum absolute atomic E-state index is 12.4. The van der Waals surface area contributed by atoms with Crippen molar-refractivity contribution in [2.24, 2.45) is 11.7 Å². The predicted molar refractivity (Wildman–Crippen MR) is 91.4 cm³/mol. The monoisotopic (exact) mass is 378 g/mol. The summed E-state index contributed by atoms with van der Waals surface area (Å²) >= 11 is 0. The number of nitrogens with zero attached hydrogens (tertiary/aromatic N) is 6. The molecule has 0 saturated carbocycles. The molecule has 1 fully saturated rings. The topological polar surface area (TPSA) is 168 Å². The highest BCUT2D eigenvalue weighted by Gasteiger charge is 2.29. The first kappa shape index (κ1) is 18.8. The Morgan fingerprint density at radius 3 is 2.56 bits per heavy atom. The van der Waals surface area contributed by atoms with Crippen molar-refractivity contribution in [1.82, 2.24) is 30.2 Å². The molecule has 12 heteroatoms. The molecule has 3 heterocycles. The van der Waals surface area contributed by atoms with E-state index in [0.29, 0.717) is 38.2 Å². The Labute approximate surface area is 154 Å². The van der Waals surface area contributed by atoms with Gasteiger partial charge in [0.05, 0.1) is 11.8 Å². The number of hydrogen-bond donors (Lipinski definition) is 2. The van der Waals surface area contributed by atoms with Crippen LogP contribution in [0.15, 0.2) is 4.63 Å². The predicted octanol–water partition coefficient (Wildman–Crippen LogP) is -0.505. The Morgan fingerprint density at radius 2 is 2.00 bits per heavy atom. The van der Waals surface area contributed by atoms with Crippen LogP contribution in [0.2, 0.25) is 0 Å². The summed E-state index contributed by atoms with van der Waals surface area (Å²) in [5.41, 5.74) is 11.7. The second-order valence-corrected chi connectivity index (χ2v) is 6.68. The molecule has 0 radical (unpaired) electrons. The first-order chi connectivity index (χ1) is 12.9. The summed E-state index contributed by atoms with van der Waals surface area (Å²) in [6.45, 7) is 5.12. The molecule has 27 heavy (non-hydrogen) atoms. The van der Waals surface area contributed by atoms with Crippen LogP contribution in [0.5, 0.6) is 0 Å². The summed E-state index contributed by atoms with van der Waals surface area (Å²) in [5.74, 6) is -0.840. The molecule has 1 saturated heterocycles. The van der Waals surface area contributed by atoms with Gasteiger partial charge in [-0.25, -0.2) is 9.42 Å². The number of nitrogen functional groups attached to an aromatic ring is 1. The highest BCUT2D eigenvalue weighted by Crippen LogP contribution is 2.22. The number of esters is 1. The third-order valence-electron chi connectivity index (χ3n) is 4.36. The lowest BCUT2D eigenvalue weighted by atomic mass is 9.96. The first-order valence-electron chi connectivity index (χ1n) is 8.62. The van der Waals surface area contributed by atoms with E-state index in [9.17, 15) is 9.59 Å². The van der Waals surface area contributed by atoms with Gasteiger partial charge >= 0.3 is 5.97 Å². The summed E-state index contributed by atoms with van der Waals surface area (Å²) in [6, 6.07) is 0. The van der Waals surface area contributed by atoms with Crippen LogP contribution in [-0.2, 0) is 16.1 Å². The number of carbonyl (C=O) groups excluding carboxylic acids is 2. The van der Waals surface area contributed by atoms with Crippen molar-refractivity contribution in [2.75, 3.05) is 18.8 Å². The second-order valence-electron chi connectivity index (χ2n) is 6.68. The molecule has 1 aliphatic rings. The van der Waals surface area contributed by atoms with E-state index in [2.05, 4.69) is 30.2 Å². The van der Waals surface area contributed by atoms with E-state index in [4.69, 9.17) is 16.2 Å². The number of hydrogen-bond acceptors (Lipinski definition) is 10. The fourth-order valence-electron chi connectivity index (χ4n) is 2.97. The number of ether oxygens (including phenoxy) is 1. The Morgan fingerprint density at radius 1 is 1.30 bits per heavy atom. The van der Waals surface area contributed by atoms with Crippen LogP contribution in [0.4, 0.5) is 5.82 Å². The molecule has 0 unspecified atom stereocenters. The highest BCUT2D eigenvalue weighted by atomic mass is 16.6. The lowest BCUT2D eigenvalue weighted by molar-refractivity contribution is -0.123. The Hall–Kier alpha value is -3.02. The van der Waals surface area contributed by atoms with Gasteiger partial charge in [-0.15, -0.1) is 5.10 Å². The zero-order valence-electron chi connectivity index (χ0n) is 15.2. The Kier molecular flexibility index (Phi) is 5.35. The molecule has 2 aromatic heterocycles. The van der Waals surface area contributed by atoms with Crippen LogP contribution in [0.3, 0.4) is 0 Å². The van der Waals surface area contributed by atoms with Crippen LogP contribution in [-0.4, -0.2) is 61.3 Å². The van der Waals surface area contributed by atoms with Crippen molar-refractivity contribution in [3.63, 3.8) is 0 Å². The van der Waals surface area contributed by atoms with Gasteiger partial charge in [-0.1, -0.05) is 5.21 Å². The number of likely N-dealkylation sites (tertiary alicyclic amines) is 1. The van der Waals surface area contributed by atoms with E-state index in [1.54, 1.807) is 13.8 Å². The molecule has 1 aliphatic heterocycles. The van der Waals surface area contributed by atoms with Crippen molar-refractivity contribution < 1.29 is 19.0 Å². The fraction of sp³-hybridized carbons (Fsp3) is 0.600. The van der Waals surface area contributed by atoms with E-state index in [1.165, 1.54) is 4.68 Å². The summed E-state index contributed by atoms with van der Waals surface area (Å²) < 4.78 is 11.2. The van der Waals surface area contributed by atoms with Crippen LogP contribution < -0.4 is 11.5 Å². The molecule has 146 valence electrons. The second kappa shape index (κ2) is 7.70. The number of carbonyl (C=O) groups is 2. The maximum atomic E-state index is 12.4. The van der Waals surface area contributed by atoms with Gasteiger partial charge in [0.15, 0.2) is 5.69 Å². The van der Waals surface area contributed by atoms with Crippen molar-refractivity contribution >= 4 is 17.7 Å². The standard InChI is InChI=1S/C15H22N8O4/c1-8(2)26-15(25)11-10(7-22-5-3-9(4-6-22)13(17)24)23(21-18-11)14-12(16)19-27-20-14/h8-9H,3-7H2,1-2H3,(H2,16,19)(H2,17,24). The molecule has 3 rings (SSSR count). The van der Waals surface area contributed by atoms with Gasteiger partial charge in [0.25, 0.3) is 0 Å². The van der Waals surface area contributed by atoms with Crippen molar-refractivity contribution in [3.8, 4) is 5.82 Å². The number of amides is 1. The van der Waals surface area contributed by atoms with E-state index < -0.39 is 5.97 Å². The molecule has 0 spiro atoms. The van der Waals surface area contributed by atoms with Gasteiger partial charge in [0.1, 0.15) is 0 Å². The SMILES string of the molecule is CC(C)OC(=O)c1nnn(-c2nonc2N)c1CN1CCC(C(N)=O)CC1. The summed E-state index contributed by atoms with van der Waals surface area (Å²) in [6.07, 6.45) is 0.993. The van der Waals surface area contributed by atoms with Gasteiger partial charge < -0.3 is 16.2 Å². The van der Waals surface area contributed by atoms with Crippen molar-refractivity contribution in [1.29, 1.82) is 0 Å². The molecule has 1 amide bonds. The molecule has 2 aromatic rings. The Balaban J connectivity index is 1.87. The normalized spacial score (nSPS) is 16.0. The first-order valence-corrected chi connectivity index (χ1v) is 8.62. The number of aromatic nitrogens is 5. The minimum absolute atomic E-state index is 0.0253. The molecule has 0 aliphatic carbocycles. The largest absolute Gasteiger partial charge is 0.458 e. The van der Waals surface area contributed by atoms with E-state index in [0.717, 1.165) is 0 Å². The van der Waals surface area contributed by atoms with Gasteiger partial charge in [0, 0.05) is 12.5 Å². The van der Waals surface area contributed by atoms with Crippen LogP contribution in [0.25, 0.3) is 5.82 Å². The van der Waals surface area contributed by atoms with Gasteiger partial charge in [-0.05, 0) is 50.1 Å². The van der Waals surface area contributed by atoms with Gasteiger partial charge in [0.2, 0.25) is 17.5 Å². The number of rotatable bonds is 6. The smallest absolute Gasteiger partial charge is 0.361 e. The molecule has 0 atom stereocenters. The lowest BCUT2D eigenvalue weighted by Gasteiger charge is -2.30. The number of nitrogens with two attached hydrogens (primary N) is 2. The van der Waals surface area contributed by atoms with Gasteiger partial charge in [-0.3, -0.25) is 9.69 Å². The quantitative estimate of drug-likeness (QED) is 0.625. The lowest BCUT2D eigenvalue weighted by Crippen LogP contribution is -2.38.